The normalized spacial score (nSPS) is 10.5. The Balaban J connectivity index is 0. The van der Waals surface area contributed by atoms with Crippen LogP contribution in [0.25, 0.3) is 0 Å². The van der Waals surface area contributed by atoms with Crippen LogP contribution in [0.5, 0.6) is 0 Å². The van der Waals surface area contributed by atoms with Gasteiger partial charge in [-0.25, -0.2) is 0 Å². The SMILES string of the molecule is CC(NC(=O)CN[C-]=O)C(=O)O.[Fm]. The van der Waals surface area contributed by atoms with Crippen LogP contribution in [0.3, 0.4) is 0 Å². The molecular formula is C6H9FmN2O4-. The monoisotopic (exact) mass is 430 g/mol. The molecule has 0 saturated heterocycles. The quantitative estimate of drug-likeness (QED) is 0.356. The third kappa shape index (κ3) is 5.84. The molecule has 0 saturated carbocycles. The molecule has 0 aromatic carbocycles. The Hall–Kier alpha value is -2.59. The first-order chi connectivity index (χ1) is 5.57. The van der Waals surface area contributed by atoms with Gasteiger partial charge in [0.25, 0.3) is 0 Å². The van der Waals surface area contributed by atoms with Gasteiger partial charge in [-0.1, -0.05) is 0 Å². The topological polar surface area (TPSA) is 95.5 Å². The Labute approximate surface area is 68.9 Å². The number of nitrogens with one attached hydrogen (secondary N) is 2. The van der Waals surface area contributed by atoms with Crippen LogP contribution >= 0.6 is 0 Å². The van der Waals surface area contributed by atoms with E-state index in [0.29, 0.717) is 0 Å². The van der Waals surface area contributed by atoms with E-state index in [4.69, 9.17) is 5.11 Å². The molecule has 6 nitrogen and oxygen atoms in total. The summed E-state index contributed by atoms with van der Waals surface area (Å²) < 4.78 is 0. The number of hydrogen-bond acceptors (Lipinski definition) is 3. The number of hydrogen-bond donors (Lipinski definition) is 3. The Morgan fingerprint density at radius 1 is 1.54 bits per heavy atom. The zero-order chi connectivity index (χ0) is 9.56. The van der Waals surface area contributed by atoms with Gasteiger partial charge >= 0.3 is 5.97 Å². The van der Waals surface area contributed by atoms with Crippen molar-refractivity contribution >= 4 is 18.3 Å². The van der Waals surface area contributed by atoms with Crippen molar-refractivity contribution in [3.63, 3.8) is 0 Å². The third-order valence-corrected chi connectivity index (χ3v) is 1.07. The zero-order valence-electron chi connectivity index (χ0n) is 6.75. The number of carbonyl (C=O) groups excluding carboxylic acids is 2. The zero-order valence-corrected chi connectivity index (χ0v) is 9.15. The molecule has 1 atom stereocenters. The van der Waals surface area contributed by atoms with Gasteiger partial charge in [0.05, 0.1) is 6.54 Å². The molecule has 1 unspecified atom stereocenters. The van der Waals surface area contributed by atoms with Crippen LogP contribution < -0.4 is 10.6 Å². The minimum Gasteiger partial charge on any atom is -0.522 e. The number of carbonyl (C=O) groups is 2. The molecule has 0 aromatic heterocycles. The van der Waals surface area contributed by atoms with Crippen LogP contribution in [0.4, 0.5) is 0 Å². The van der Waals surface area contributed by atoms with E-state index >= 15 is 0 Å². The van der Waals surface area contributed by atoms with E-state index in [1.807, 2.05) is 5.32 Å². The first-order valence-corrected chi connectivity index (χ1v) is 3.20. The van der Waals surface area contributed by atoms with Crippen molar-refractivity contribution in [3.8, 4) is 0 Å². The Morgan fingerprint density at radius 2 is 2.08 bits per heavy atom. The van der Waals surface area contributed by atoms with Gasteiger partial charge in [0, 0.05) is 0 Å². The van der Waals surface area contributed by atoms with Crippen molar-refractivity contribution in [3.05, 3.63) is 0 Å². The largest absolute Gasteiger partial charge is 0.522 e. The second kappa shape index (κ2) is 6.14. The molecule has 13 heavy (non-hydrogen) atoms. The summed E-state index contributed by atoms with van der Waals surface area (Å²) in [5.74, 6) is -1.69. The van der Waals surface area contributed by atoms with Gasteiger partial charge in [0.15, 0.2) is 0 Å². The van der Waals surface area contributed by atoms with Crippen LogP contribution in [0.1, 0.15) is 6.92 Å². The van der Waals surface area contributed by atoms with Crippen molar-refractivity contribution < 1.29 is 19.5 Å². The molecular weight excluding hydrogens is 421 g/mol. The van der Waals surface area contributed by atoms with E-state index in [1.165, 1.54) is 13.3 Å². The first-order valence-electron chi connectivity index (χ1n) is 3.20. The predicted molar refractivity (Wildman–Crippen MR) is 38.9 cm³/mol. The molecule has 2 amide bonds. The minimum absolute atomic E-state index is 0. The summed E-state index contributed by atoms with van der Waals surface area (Å²) in [7, 11) is 0. The van der Waals surface area contributed by atoms with Crippen molar-refractivity contribution in [1.82, 2.24) is 10.6 Å². The maximum absolute atomic E-state index is 10.7. The molecule has 0 aromatic rings. The maximum atomic E-state index is 10.7. The molecule has 0 fully saturated rings. The van der Waals surface area contributed by atoms with Gasteiger partial charge in [-0.3, -0.25) is 9.59 Å². The van der Waals surface area contributed by atoms with E-state index < -0.39 is 17.9 Å². The van der Waals surface area contributed by atoms with Gasteiger partial charge < -0.3 is 20.5 Å². The molecule has 0 aliphatic rings. The number of rotatable bonds is 5. The summed E-state index contributed by atoms with van der Waals surface area (Å²) in [4.78, 5) is 30.5. The first kappa shape index (κ1) is 13.0. The average Bonchev–Trinajstić information content (AvgIpc) is 2.00. The standard InChI is InChI=1S/C6H9N2O4.Fm/c1-4(6(11)12)8-5(10)2-7-3-9;/h4H,2H2,1H3,(H,7,9)(H,8,10)(H,11,12);/q-1;. The third-order valence-electron chi connectivity index (χ3n) is 1.07. The fourth-order valence-electron chi connectivity index (χ4n) is 0.471. The molecule has 0 rings (SSSR count). The van der Waals surface area contributed by atoms with E-state index in [-0.39, 0.29) is 6.54 Å². The molecule has 7 heteroatoms. The smallest absolute Gasteiger partial charge is 0.325 e. The maximum Gasteiger partial charge on any atom is 0.325 e. The van der Waals surface area contributed by atoms with E-state index in [9.17, 15) is 14.4 Å². The molecule has 80 valence electrons. The van der Waals surface area contributed by atoms with Gasteiger partial charge in [0.1, 0.15) is 6.04 Å². The summed E-state index contributed by atoms with van der Waals surface area (Å²) in [6.07, 6.45) is 1.29. The summed E-state index contributed by atoms with van der Waals surface area (Å²) in [5.41, 5.74) is 0. The van der Waals surface area contributed by atoms with Crippen molar-refractivity contribution in [1.29, 1.82) is 0 Å². The summed E-state index contributed by atoms with van der Waals surface area (Å²) in [6.45, 7) is 1.06. The fourth-order valence-corrected chi connectivity index (χ4v) is 0.471. The molecule has 0 bridgehead atoms. The van der Waals surface area contributed by atoms with Crippen LogP contribution in [0, 0.1) is 0 Å². The van der Waals surface area contributed by atoms with Gasteiger partial charge in [-0.15, -0.1) is 0 Å². The molecule has 0 heterocycles. The Bertz CT molecular complexity index is 197. The summed E-state index contributed by atoms with van der Waals surface area (Å²) >= 11 is 0. The van der Waals surface area contributed by atoms with E-state index in [1.54, 1.807) is 0 Å². The number of carboxylic acids is 1. The number of aliphatic carboxylic acids is 1. The van der Waals surface area contributed by atoms with Crippen LogP contribution in [0.15, 0.2) is 0 Å². The van der Waals surface area contributed by atoms with Crippen LogP contribution in [-0.2, 0) is 14.4 Å². The van der Waals surface area contributed by atoms with Crippen LogP contribution in [0.2, 0.25) is 0 Å². The Kier molecular flexibility index (Phi) is 6.16. The summed E-state index contributed by atoms with van der Waals surface area (Å²) in [6, 6.07) is -0.953. The van der Waals surface area contributed by atoms with Gasteiger partial charge in [-0.05, 0) is 6.92 Å². The molecule has 0 aliphatic heterocycles. The molecule has 0 aliphatic carbocycles. The van der Waals surface area contributed by atoms with Gasteiger partial charge in [0.2, 0.25) is 5.91 Å². The second-order valence-electron chi connectivity index (χ2n) is 2.08. The minimum atomic E-state index is -1.13. The molecule has 3 N–H and O–H groups in total. The van der Waals surface area contributed by atoms with Gasteiger partial charge in [-0.2, -0.15) is 6.41 Å². The van der Waals surface area contributed by atoms with E-state index in [0.717, 1.165) is 0 Å². The molecule has 0 spiro atoms. The van der Waals surface area contributed by atoms with Crippen LogP contribution in [-0.4, -0.2) is 36.0 Å². The fraction of sp³-hybridized carbons (Fsp3) is 0.500. The Morgan fingerprint density at radius 3 is 2.46 bits per heavy atom. The van der Waals surface area contributed by atoms with E-state index in [2.05, 4.69) is 5.32 Å². The summed E-state index contributed by atoms with van der Waals surface area (Å²) in [5, 5.41) is 12.5. The number of amides is 2. The molecule has 0 radical (unpaired) electrons. The van der Waals surface area contributed by atoms with Crippen molar-refractivity contribution in [2.45, 2.75) is 13.0 Å². The van der Waals surface area contributed by atoms with Crippen molar-refractivity contribution in [2.75, 3.05) is 6.54 Å². The average molecular weight is 430 g/mol. The second-order valence-corrected chi connectivity index (χ2v) is 2.08. The number of carboxylic acid groups (broad SMARTS) is 1. The van der Waals surface area contributed by atoms with Crippen molar-refractivity contribution in [2.24, 2.45) is 0 Å². The predicted octanol–water partition coefficient (Wildman–Crippen LogP) is -1.77.